The topological polar surface area (TPSA) is 58.6 Å². The molecule has 0 aliphatic carbocycles. The van der Waals surface area contributed by atoms with Crippen LogP contribution >= 0.6 is 0 Å². The fraction of sp³-hybridized carbons (Fsp3) is 0.304. The van der Waals surface area contributed by atoms with Crippen LogP contribution in [0, 0.1) is 0 Å². The van der Waals surface area contributed by atoms with E-state index in [9.17, 15) is 8.42 Å². The van der Waals surface area contributed by atoms with Gasteiger partial charge in [0.2, 0.25) is 10.0 Å². The lowest BCUT2D eigenvalue weighted by molar-refractivity contribution is 0.114. The number of sulfonamides is 1. The second kappa shape index (κ2) is 8.53. The second-order valence-corrected chi connectivity index (χ2v) is 9.36. The highest BCUT2D eigenvalue weighted by Gasteiger charge is 2.18. The van der Waals surface area contributed by atoms with Gasteiger partial charge in [-0.1, -0.05) is 42.5 Å². The summed E-state index contributed by atoms with van der Waals surface area (Å²) >= 11 is 0. The zero-order valence-electron chi connectivity index (χ0n) is 16.5. The van der Waals surface area contributed by atoms with Crippen LogP contribution in [0.15, 0.2) is 71.6 Å². The van der Waals surface area contributed by atoms with E-state index in [1.54, 1.807) is 12.1 Å². The molecule has 1 N–H and O–H groups in total. The Morgan fingerprint density at radius 2 is 1.66 bits per heavy atom. The fourth-order valence-corrected chi connectivity index (χ4v) is 4.63. The molecule has 0 unspecified atom stereocenters. The van der Waals surface area contributed by atoms with Crippen molar-refractivity contribution in [3.05, 3.63) is 72.3 Å². The van der Waals surface area contributed by atoms with E-state index in [2.05, 4.69) is 16.7 Å². The minimum absolute atomic E-state index is 0.240. The molecular formula is C23H26N2O3S. The predicted molar refractivity (Wildman–Crippen MR) is 116 cm³/mol. The van der Waals surface area contributed by atoms with Crippen molar-refractivity contribution < 1.29 is 13.2 Å². The molecule has 5 nitrogen and oxygen atoms in total. The zero-order chi connectivity index (χ0) is 20.3. The van der Waals surface area contributed by atoms with Gasteiger partial charge >= 0.3 is 0 Å². The van der Waals surface area contributed by atoms with E-state index < -0.39 is 10.0 Å². The number of likely N-dealkylation sites (tertiary alicyclic amines) is 1. The molecule has 0 aromatic heterocycles. The zero-order valence-corrected chi connectivity index (χ0v) is 17.4. The van der Waals surface area contributed by atoms with Gasteiger partial charge in [-0.25, -0.2) is 13.1 Å². The maximum absolute atomic E-state index is 12.7. The van der Waals surface area contributed by atoms with Crippen molar-refractivity contribution in [2.75, 3.05) is 20.1 Å². The highest BCUT2D eigenvalue weighted by molar-refractivity contribution is 7.89. The van der Waals surface area contributed by atoms with E-state index in [1.165, 1.54) is 0 Å². The molecule has 0 amide bonds. The van der Waals surface area contributed by atoms with Gasteiger partial charge in [-0.3, -0.25) is 0 Å². The highest BCUT2D eigenvalue weighted by atomic mass is 32.2. The molecule has 0 atom stereocenters. The third-order valence-corrected chi connectivity index (χ3v) is 6.79. The van der Waals surface area contributed by atoms with Crippen LogP contribution in [0.3, 0.4) is 0 Å². The van der Waals surface area contributed by atoms with Crippen LogP contribution in [-0.4, -0.2) is 39.6 Å². The van der Waals surface area contributed by atoms with Gasteiger partial charge in [-0.15, -0.1) is 0 Å². The van der Waals surface area contributed by atoms with Gasteiger partial charge < -0.3 is 9.64 Å². The summed E-state index contributed by atoms with van der Waals surface area (Å²) in [5.41, 5.74) is 0.894. The Labute approximate surface area is 172 Å². The predicted octanol–water partition coefficient (Wildman–Crippen LogP) is 3.79. The maximum atomic E-state index is 12.7. The normalized spacial score (nSPS) is 16.2. The first kappa shape index (κ1) is 19.9. The monoisotopic (exact) mass is 410 g/mol. The molecule has 3 aromatic carbocycles. The standard InChI is InChI=1S/C23H26N2O3S/c1-25-14-12-22(13-15-25)28-21-9-6-18(7-10-21)17-24-29(26,27)23-11-8-19-4-2-3-5-20(19)16-23/h2-11,16,22,24H,12-15,17H2,1H3. The van der Waals surface area contributed by atoms with Gasteiger partial charge in [-0.05, 0) is 60.5 Å². The lowest BCUT2D eigenvalue weighted by atomic mass is 10.1. The molecule has 1 heterocycles. The molecule has 152 valence electrons. The lowest BCUT2D eigenvalue weighted by Gasteiger charge is -2.29. The number of piperidine rings is 1. The molecule has 1 fully saturated rings. The molecular weight excluding hydrogens is 384 g/mol. The lowest BCUT2D eigenvalue weighted by Crippen LogP contribution is -2.35. The Morgan fingerprint density at radius 3 is 2.38 bits per heavy atom. The van der Waals surface area contributed by atoms with Crippen molar-refractivity contribution in [3.8, 4) is 5.75 Å². The molecule has 29 heavy (non-hydrogen) atoms. The summed E-state index contributed by atoms with van der Waals surface area (Å²) in [6.07, 6.45) is 2.32. The van der Waals surface area contributed by atoms with Crippen LogP contribution in [0.5, 0.6) is 5.75 Å². The highest BCUT2D eigenvalue weighted by Crippen LogP contribution is 2.21. The second-order valence-electron chi connectivity index (χ2n) is 7.60. The summed E-state index contributed by atoms with van der Waals surface area (Å²) in [5.74, 6) is 0.834. The quantitative estimate of drug-likeness (QED) is 0.672. The number of benzene rings is 3. The first-order valence-corrected chi connectivity index (χ1v) is 11.4. The maximum Gasteiger partial charge on any atom is 0.240 e. The van der Waals surface area contributed by atoms with E-state index >= 15 is 0 Å². The van der Waals surface area contributed by atoms with Crippen LogP contribution in [0.1, 0.15) is 18.4 Å². The van der Waals surface area contributed by atoms with Crippen LogP contribution in [0.4, 0.5) is 0 Å². The molecule has 1 saturated heterocycles. The van der Waals surface area contributed by atoms with Gasteiger partial charge in [-0.2, -0.15) is 0 Å². The van der Waals surface area contributed by atoms with Crippen LogP contribution in [-0.2, 0) is 16.6 Å². The van der Waals surface area contributed by atoms with Gasteiger partial charge in [0.25, 0.3) is 0 Å². The Morgan fingerprint density at radius 1 is 0.966 bits per heavy atom. The third-order valence-electron chi connectivity index (χ3n) is 5.39. The van der Waals surface area contributed by atoms with E-state index in [0.717, 1.165) is 48.0 Å². The molecule has 0 saturated carbocycles. The van der Waals surface area contributed by atoms with Crippen molar-refractivity contribution in [2.24, 2.45) is 0 Å². The first-order valence-electron chi connectivity index (χ1n) is 9.92. The van der Waals surface area contributed by atoms with Crippen LogP contribution in [0.25, 0.3) is 10.8 Å². The summed E-state index contributed by atoms with van der Waals surface area (Å²) < 4.78 is 34.1. The molecule has 3 aromatic rings. The molecule has 0 spiro atoms. The van der Waals surface area contributed by atoms with Gasteiger partial charge in [0.05, 0.1) is 4.90 Å². The SMILES string of the molecule is CN1CCC(Oc2ccc(CNS(=O)(=O)c3ccc4ccccc4c3)cc2)CC1. The molecule has 0 radical (unpaired) electrons. The number of hydrogen-bond acceptors (Lipinski definition) is 4. The van der Waals surface area contributed by atoms with Crippen molar-refractivity contribution in [1.82, 2.24) is 9.62 Å². The Kier molecular flexibility index (Phi) is 5.85. The Hall–Kier alpha value is -2.41. The van der Waals surface area contributed by atoms with Crippen molar-refractivity contribution in [3.63, 3.8) is 0 Å². The summed E-state index contributed by atoms with van der Waals surface area (Å²) in [4.78, 5) is 2.59. The minimum atomic E-state index is -3.57. The van der Waals surface area contributed by atoms with Crippen molar-refractivity contribution >= 4 is 20.8 Å². The minimum Gasteiger partial charge on any atom is -0.490 e. The van der Waals surface area contributed by atoms with E-state index in [-0.39, 0.29) is 17.5 Å². The van der Waals surface area contributed by atoms with Gasteiger partial charge in [0.15, 0.2) is 0 Å². The average Bonchev–Trinajstić information content (AvgIpc) is 2.74. The smallest absolute Gasteiger partial charge is 0.240 e. The number of fused-ring (bicyclic) bond motifs is 1. The van der Waals surface area contributed by atoms with Crippen molar-refractivity contribution in [1.29, 1.82) is 0 Å². The molecule has 1 aliphatic rings. The van der Waals surface area contributed by atoms with Crippen molar-refractivity contribution in [2.45, 2.75) is 30.4 Å². The van der Waals surface area contributed by atoms with Crippen LogP contribution in [0.2, 0.25) is 0 Å². The van der Waals surface area contributed by atoms with E-state index in [1.807, 2.05) is 54.6 Å². The van der Waals surface area contributed by atoms with Gasteiger partial charge in [0, 0.05) is 19.6 Å². The number of rotatable bonds is 6. The summed E-state index contributed by atoms with van der Waals surface area (Å²) in [6, 6.07) is 20.6. The number of nitrogens with zero attached hydrogens (tertiary/aromatic N) is 1. The third kappa shape index (κ3) is 4.96. The summed E-state index contributed by atoms with van der Waals surface area (Å²) in [5, 5.41) is 1.93. The Balaban J connectivity index is 1.37. The summed E-state index contributed by atoms with van der Waals surface area (Å²) in [6.45, 7) is 2.35. The first-order chi connectivity index (χ1) is 14.0. The number of hydrogen-bond donors (Lipinski definition) is 1. The number of nitrogens with one attached hydrogen (secondary N) is 1. The fourth-order valence-electron chi connectivity index (χ4n) is 3.58. The average molecular weight is 411 g/mol. The van der Waals surface area contributed by atoms with Crippen LogP contribution < -0.4 is 9.46 Å². The summed E-state index contributed by atoms with van der Waals surface area (Å²) in [7, 11) is -1.44. The molecule has 4 rings (SSSR count). The largest absolute Gasteiger partial charge is 0.490 e. The molecule has 1 aliphatic heterocycles. The Bertz CT molecular complexity index is 1070. The van der Waals surface area contributed by atoms with E-state index in [0.29, 0.717) is 0 Å². The van der Waals surface area contributed by atoms with Gasteiger partial charge in [0.1, 0.15) is 11.9 Å². The number of ether oxygens (including phenoxy) is 1. The molecule has 6 heteroatoms. The molecule has 0 bridgehead atoms. The van der Waals surface area contributed by atoms with E-state index in [4.69, 9.17) is 4.74 Å².